The molecule has 0 aliphatic rings. The molecule has 0 aliphatic heterocycles. The molecule has 0 fully saturated rings. The smallest absolute Gasteiger partial charge is 0.192 e. The van der Waals surface area contributed by atoms with Gasteiger partial charge >= 0.3 is 0 Å². The van der Waals surface area contributed by atoms with Crippen molar-refractivity contribution in [3.05, 3.63) is 33.3 Å². The number of aliphatic hydroxyl groups is 1. The van der Waals surface area contributed by atoms with E-state index in [0.29, 0.717) is 12.2 Å². The Kier molecular flexibility index (Phi) is 18.3. The highest BCUT2D eigenvalue weighted by atomic mass is 32.1. The lowest BCUT2D eigenvalue weighted by molar-refractivity contribution is -0.139. The Morgan fingerprint density at radius 1 is 0.940 bits per heavy atom. The van der Waals surface area contributed by atoms with Gasteiger partial charge in [-0.1, -0.05) is 94.2 Å². The van der Waals surface area contributed by atoms with Crippen LogP contribution in [0.15, 0.2) is 22.6 Å². The molecule has 0 aromatic carbocycles. The van der Waals surface area contributed by atoms with Crippen LogP contribution in [0.5, 0.6) is 0 Å². The van der Waals surface area contributed by atoms with Gasteiger partial charge < -0.3 is 14.0 Å². The molecule has 1 aromatic rings. The molecule has 5 atom stereocenters. The van der Waals surface area contributed by atoms with Gasteiger partial charge in [0.15, 0.2) is 16.6 Å². The molecule has 0 saturated heterocycles. The number of aromatic nitrogens is 1. The molecule has 1 heterocycles. The molecule has 290 valence electrons. The number of thiazole rings is 1. The molecular formula is C42H79NO4SSi2. The van der Waals surface area contributed by atoms with Gasteiger partial charge in [-0.05, 0) is 119 Å². The molecule has 1 N–H and O–H groups in total. The molecule has 1 rings (SSSR count). The van der Waals surface area contributed by atoms with Gasteiger partial charge in [-0.3, -0.25) is 4.79 Å². The summed E-state index contributed by atoms with van der Waals surface area (Å²) in [6.07, 6.45) is 10.8. The zero-order valence-electron chi connectivity index (χ0n) is 35.8. The predicted molar refractivity (Wildman–Crippen MR) is 224 cm³/mol. The molecule has 0 radical (unpaired) electrons. The minimum atomic E-state index is -2.15. The zero-order chi connectivity index (χ0) is 38.9. The highest BCUT2D eigenvalue weighted by molar-refractivity contribution is 7.09. The second kappa shape index (κ2) is 19.4. The molecule has 0 spiro atoms. The summed E-state index contributed by atoms with van der Waals surface area (Å²) >= 11 is 1.69. The van der Waals surface area contributed by atoms with E-state index in [4.69, 9.17) is 8.85 Å². The molecule has 0 bridgehead atoms. The van der Waals surface area contributed by atoms with Crippen molar-refractivity contribution in [1.29, 1.82) is 0 Å². The van der Waals surface area contributed by atoms with E-state index >= 15 is 0 Å². The maximum absolute atomic E-state index is 14.4. The second-order valence-electron chi connectivity index (χ2n) is 18.9. The predicted octanol–water partition coefficient (Wildman–Crippen LogP) is 12.8. The van der Waals surface area contributed by atoms with E-state index in [1.807, 2.05) is 0 Å². The second-order valence-corrected chi connectivity index (χ2v) is 29.5. The van der Waals surface area contributed by atoms with Gasteiger partial charge in [0.05, 0.1) is 22.9 Å². The summed E-state index contributed by atoms with van der Waals surface area (Å²) in [5.74, 6) is 0.504. The van der Waals surface area contributed by atoms with Crippen LogP contribution in [0.1, 0.15) is 146 Å². The standard InChI is InChI=1S/C42H79NO4SSi2/c1-19-21-36(39(45)42(13,14)33(5)26-27-44)38(47-50(17,18)41(10,11)12)31(3)23-20-22-30(2)24-25-37(46-49(15,16)40(7,8)9)32(4)28-35-29-48-34(6)43-35/h24,28-29,31,33,36-38,44H,19-23,25-27H2,1-18H3/b30-24-,32-28+/t31?,33?,36-,37+,38+/m1/s1. The first kappa shape index (κ1) is 47.1. The van der Waals surface area contributed by atoms with Gasteiger partial charge in [-0.2, -0.15) is 0 Å². The van der Waals surface area contributed by atoms with E-state index in [1.165, 1.54) is 11.1 Å². The Morgan fingerprint density at radius 2 is 1.50 bits per heavy atom. The van der Waals surface area contributed by atoms with Gasteiger partial charge in [-0.25, -0.2) is 4.98 Å². The SMILES string of the molecule is CCC[C@@H](C(=O)C(C)(C)C(C)CCO)[C@@H](O[Si](C)(C)C(C)(C)C)C(C)CCC/C(C)=C\C[C@H](O[Si](C)(C)C(C)(C)C)/C(C)=C/c1csc(C)n1. The minimum absolute atomic E-state index is 0.0199. The van der Waals surface area contributed by atoms with Gasteiger partial charge in [-0.15, -0.1) is 11.3 Å². The number of Topliss-reactive ketones (excluding diaryl/α,β-unsaturated/α-hetero) is 1. The summed E-state index contributed by atoms with van der Waals surface area (Å²) in [6.45, 7) is 40.5. The van der Waals surface area contributed by atoms with Crippen molar-refractivity contribution >= 4 is 39.8 Å². The fourth-order valence-corrected chi connectivity index (χ4v) is 9.40. The maximum atomic E-state index is 14.4. The topological polar surface area (TPSA) is 68.7 Å². The van der Waals surface area contributed by atoms with Crippen molar-refractivity contribution in [3.8, 4) is 0 Å². The van der Waals surface area contributed by atoms with Crippen LogP contribution in [0.3, 0.4) is 0 Å². The van der Waals surface area contributed by atoms with E-state index < -0.39 is 22.0 Å². The third kappa shape index (κ3) is 13.8. The van der Waals surface area contributed by atoms with Crippen molar-refractivity contribution in [2.75, 3.05) is 6.61 Å². The Hall–Kier alpha value is -0.906. The van der Waals surface area contributed by atoms with Crippen molar-refractivity contribution in [1.82, 2.24) is 4.98 Å². The van der Waals surface area contributed by atoms with Crippen LogP contribution in [0.2, 0.25) is 36.3 Å². The van der Waals surface area contributed by atoms with Crippen molar-refractivity contribution in [2.24, 2.45) is 23.2 Å². The molecule has 0 aliphatic carbocycles. The Bertz CT molecular complexity index is 1250. The van der Waals surface area contributed by atoms with Crippen LogP contribution in [0.4, 0.5) is 0 Å². The minimum Gasteiger partial charge on any atom is -0.413 e. The number of carbonyl (C=O) groups excluding carboxylic acids is 1. The average molecular weight is 750 g/mol. The third-order valence-corrected chi connectivity index (χ3v) is 22.0. The Labute approximate surface area is 315 Å². The molecule has 2 unspecified atom stereocenters. The number of allylic oxidation sites excluding steroid dienone is 1. The number of carbonyl (C=O) groups is 1. The van der Waals surface area contributed by atoms with Crippen LogP contribution in [0, 0.1) is 30.1 Å². The van der Waals surface area contributed by atoms with E-state index in [9.17, 15) is 9.90 Å². The van der Waals surface area contributed by atoms with Gasteiger partial charge in [0.1, 0.15) is 5.78 Å². The number of hydrogen-bond acceptors (Lipinski definition) is 6. The van der Waals surface area contributed by atoms with Gasteiger partial charge in [0.2, 0.25) is 0 Å². The number of aryl methyl sites for hydroxylation is 1. The summed E-state index contributed by atoms with van der Waals surface area (Å²) in [5, 5.41) is 13.1. The molecule has 8 heteroatoms. The first-order valence-corrected chi connectivity index (χ1v) is 26.2. The average Bonchev–Trinajstić information content (AvgIpc) is 3.39. The van der Waals surface area contributed by atoms with Crippen molar-refractivity contribution in [3.63, 3.8) is 0 Å². The lowest BCUT2D eigenvalue weighted by Gasteiger charge is -2.45. The normalized spacial score (nSPS) is 17.4. The van der Waals surface area contributed by atoms with E-state index in [0.717, 1.165) is 49.2 Å². The largest absolute Gasteiger partial charge is 0.413 e. The summed E-state index contributed by atoms with van der Waals surface area (Å²) in [5.41, 5.74) is 3.11. The number of hydrogen-bond donors (Lipinski definition) is 1. The highest BCUT2D eigenvalue weighted by Crippen LogP contribution is 2.43. The van der Waals surface area contributed by atoms with Crippen LogP contribution in [-0.2, 0) is 13.6 Å². The number of ketones is 1. The third-order valence-electron chi connectivity index (χ3n) is 12.2. The number of nitrogens with zero attached hydrogens (tertiary/aromatic N) is 1. The number of aliphatic hydroxyl groups excluding tert-OH is 1. The van der Waals surface area contributed by atoms with Crippen LogP contribution in [0.25, 0.3) is 6.08 Å². The maximum Gasteiger partial charge on any atom is 0.192 e. The molecule has 50 heavy (non-hydrogen) atoms. The summed E-state index contributed by atoms with van der Waals surface area (Å²) in [7, 11) is -4.14. The van der Waals surface area contributed by atoms with E-state index in [1.54, 1.807) is 11.3 Å². The first-order chi connectivity index (χ1) is 22.7. The van der Waals surface area contributed by atoms with Crippen molar-refractivity contribution < 1.29 is 18.8 Å². The Morgan fingerprint density at radius 3 is 1.98 bits per heavy atom. The fourth-order valence-electron chi connectivity index (χ4n) is 6.05. The lowest BCUT2D eigenvalue weighted by Crippen LogP contribution is -2.51. The van der Waals surface area contributed by atoms with E-state index in [-0.39, 0.29) is 46.6 Å². The molecule has 0 amide bonds. The van der Waals surface area contributed by atoms with Crippen LogP contribution >= 0.6 is 11.3 Å². The summed E-state index contributed by atoms with van der Waals surface area (Å²) < 4.78 is 14.3. The molecule has 0 saturated carbocycles. The highest BCUT2D eigenvalue weighted by Gasteiger charge is 2.47. The summed E-state index contributed by atoms with van der Waals surface area (Å²) in [4.78, 5) is 19.1. The van der Waals surface area contributed by atoms with Crippen molar-refractivity contribution in [2.45, 2.75) is 190 Å². The van der Waals surface area contributed by atoms with Gasteiger partial charge in [0, 0.05) is 23.3 Å². The first-order valence-electron chi connectivity index (χ1n) is 19.5. The number of rotatable bonds is 21. The zero-order valence-corrected chi connectivity index (χ0v) is 38.6. The van der Waals surface area contributed by atoms with Crippen LogP contribution < -0.4 is 0 Å². The molecule has 1 aromatic heterocycles. The monoisotopic (exact) mass is 750 g/mol. The van der Waals surface area contributed by atoms with E-state index in [2.05, 4.69) is 146 Å². The molecular weight excluding hydrogens is 671 g/mol. The lowest BCUT2D eigenvalue weighted by atomic mass is 9.68. The quantitative estimate of drug-likeness (QED) is 0.100. The van der Waals surface area contributed by atoms with Crippen LogP contribution in [-0.4, -0.2) is 51.3 Å². The fraction of sp³-hybridized carbons (Fsp3) is 0.810. The molecule has 5 nitrogen and oxygen atoms in total. The Balaban J connectivity index is 3.28. The summed E-state index contributed by atoms with van der Waals surface area (Å²) in [6, 6.07) is 0. The van der Waals surface area contributed by atoms with Gasteiger partial charge in [0.25, 0.3) is 0 Å².